The van der Waals surface area contributed by atoms with E-state index >= 15 is 0 Å². The van der Waals surface area contributed by atoms with E-state index in [0.29, 0.717) is 44.3 Å². The number of nitrogens with zero attached hydrogens (tertiary/aromatic N) is 3. The van der Waals surface area contributed by atoms with Crippen molar-refractivity contribution in [2.75, 3.05) is 45.9 Å². The Kier molecular flexibility index (Phi) is 6.99. The van der Waals surface area contributed by atoms with Gasteiger partial charge in [-0.25, -0.2) is 4.98 Å². The molecule has 1 aromatic rings. The molecule has 1 amide bonds. The van der Waals surface area contributed by atoms with Gasteiger partial charge in [0.1, 0.15) is 5.56 Å². The Morgan fingerprint density at radius 2 is 2.00 bits per heavy atom. The van der Waals surface area contributed by atoms with Crippen molar-refractivity contribution in [1.29, 1.82) is 0 Å². The highest BCUT2D eigenvalue weighted by atomic mass is 16.5. The van der Waals surface area contributed by atoms with E-state index in [4.69, 9.17) is 9.47 Å². The van der Waals surface area contributed by atoms with Crippen molar-refractivity contribution < 1.29 is 19.1 Å². The van der Waals surface area contributed by atoms with Crippen molar-refractivity contribution in [3.63, 3.8) is 0 Å². The van der Waals surface area contributed by atoms with Gasteiger partial charge in [-0.05, 0) is 32.4 Å². The summed E-state index contributed by atoms with van der Waals surface area (Å²) in [5, 5.41) is 0. The maximum absolute atomic E-state index is 12.8. The van der Waals surface area contributed by atoms with E-state index in [2.05, 4.69) is 4.98 Å². The summed E-state index contributed by atoms with van der Waals surface area (Å²) in [7, 11) is 0. The predicted octanol–water partition coefficient (Wildman–Crippen LogP) is 1.19. The molecule has 0 aromatic carbocycles. The molecule has 0 N–H and O–H groups in total. The maximum atomic E-state index is 12.8. The molecule has 0 spiro atoms. The summed E-state index contributed by atoms with van der Waals surface area (Å²) in [6.45, 7) is 7.42. The normalized spacial score (nSPS) is 15.7. The Morgan fingerprint density at radius 3 is 2.75 bits per heavy atom. The van der Waals surface area contributed by atoms with E-state index in [0.717, 1.165) is 13.0 Å². The lowest BCUT2D eigenvalue weighted by atomic mass is 10.2. The molecule has 0 saturated carbocycles. The lowest BCUT2D eigenvalue weighted by Gasteiger charge is -2.22. The number of esters is 1. The molecule has 2 rings (SSSR count). The third-order valence-corrected chi connectivity index (χ3v) is 3.82. The molecule has 1 fully saturated rings. The van der Waals surface area contributed by atoms with Crippen molar-refractivity contribution in [1.82, 2.24) is 14.8 Å². The second kappa shape index (κ2) is 9.22. The number of pyridine rings is 1. The molecule has 0 atom stereocenters. The highest BCUT2D eigenvalue weighted by molar-refractivity contribution is 5.96. The molecule has 2 heterocycles. The summed E-state index contributed by atoms with van der Waals surface area (Å²) in [6, 6.07) is 3.47. The van der Waals surface area contributed by atoms with Crippen LogP contribution in [0.15, 0.2) is 18.3 Å². The number of rotatable bonds is 6. The van der Waals surface area contributed by atoms with Crippen LogP contribution < -0.4 is 4.74 Å². The zero-order valence-corrected chi connectivity index (χ0v) is 14.4. The lowest BCUT2D eigenvalue weighted by Crippen LogP contribution is -2.37. The second-order valence-electron chi connectivity index (χ2n) is 5.52. The van der Waals surface area contributed by atoms with Gasteiger partial charge in [-0.1, -0.05) is 0 Å². The lowest BCUT2D eigenvalue weighted by molar-refractivity contribution is -0.144. The first kappa shape index (κ1) is 18.2. The molecular weight excluding hydrogens is 310 g/mol. The van der Waals surface area contributed by atoms with E-state index in [1.165, 1.54) is 0 Å². The number of amides is 1. The molecule has 0 bridgehead atoms. The van der Waals surface area contributed by atoms with Crippen molar-refractivity contribution in [2.45, 2.75) is 20.3 Å². The summed E-state index contributed by atoms with van der Waals surface area (Å²) in [6.07, 6.45) is 2.43. The monoisotopic (exact) mass is 335 g/mol. The molecule has 7 nitrogen and oxygen atoms in total. The SMILES string of the molecule is CCOC(=O)CN1CCCN(C(=O)c2cccnc2OCC)CC1. The van der Waals surface area contributed by atoms with Crippen LogP contribution in [0.1, 0.15) is 30.6 Å². The van der Waals surface area contributed by atoms with Crippen molar-refractivity contribution in [3.8, 4) is 5.88 Å². The van der Waals surface area contributed by atoms with Crippen molar-refractivity contribution >= 4 is 11.9 Å². The van der Waals surface area contributed by atoms with E-state index < -0.39 is 0 Å². The third kappa shape index (κ3) is 4.92. The quantitative estimate of drug-likeness (QED) is 0.727. The fourth-order valence-electron chi connectivity index (χ4n) is 2.70. The molecule has 1 aliphatic heterocycles. The Morgan fingerprint density at radius 1 is 1.17 bits per heavy atom. The Hall–Kier alpha value is -2.15. The second-order valence-corrected chi connectivity index (χ2v) is 5.52. The smallest absolute Gasteiger partial charge is 0.320 e. The van der Waals surface area contributed by atoms with Crippen LogP contribution in [0.2, 0.25) is 0 Å². The van der Waals surface area contributed by atoms with Gasteiger partial charge in [-0.3, -0.25) is 14.5 Å². The minimum Gasteiger partial charge on any atom is -0.477 e. The largest absolute Gasteiger partial charge is 0.477 e. The van der Waals surface area contributed by atoms with Gasteiger partial charge in [0, 0.05) is 32.4 Å². The maximum Gasteiger partial charge on any atom is 0.320 e. The molecule has 1 saturated heterocycles. The summed E-state index contributed by atoms with van der Waals surface area (Å²) in [5.74, 6) is 0.0744. The molecule has 132 valence electrons. The van der Waals surface area contributed by atoms with Crippen molar-refractivity contribution in [3.05, 3.63) is 23.9 Å². The van der Waals surface area contributed by atoms with Crippen LogP contribution in [0.5, 0.6) is 5.88 Å². The van der Waals surface area contributed by atoms with Gasteiger partial charge in [-0.2, -0.15) is 0 Å². The van der Waals surface area contributed by atoms with Crippen LogP contribution in [0.3, 0.4) is 0 Å². The molecule has 0 aliphatic carbocycles. The Balaban J connectivity index is 1.98. The van der Waals surface area contributed by atoms with Crippen LogP contribution in [0.4, 0.5) is 0 Å². The molecule has 24 heavy (non-hydrogen) atoms. The number of carbonyl (C=O) groups is 2. The summed E-state index contributed by atoms with van der Waals surface area (Å²) in [4.78, 5) is 32.3. The number of carbonyl (C=O) groups excluding carboxylic acids is 2. The first-order valence-electron chi connectivity index (χ1n) is 8.40. The van der Waals surface area contributed by atoms with E-state index in [1.54, 1.807) is 30.2 Å². The minimum absolute atomic E-state index is 0.0791. The van der Waals surface area contributed by atoms with E-state index in [-0.39, 0.29) is 18.4 Å². The van der Waals surface area contributed by atoms with Gasteiger partial charge in [0.2, 0.25) is 5.88 Å². The van der Waals surface area contributed by atoms with E-state index in [9.17, 15) is 9.59 Å². The Bertz CT molecular complexity index is 565. The summed E-state index contributed by atoms with van der Waals surface area (Å²) >= 11 is 0. The van der Waals surface area contributed by atoms with Crippen LogP contribution in [0, 0.1) is 0 Å². The van der Waals surface area contributed by atoms with Crippen LogP contribution in [0.25, 0.3) is 0 Å². The average molecular weight is 335 g/mol. The van der Waals surface area contributed by atoms with Crippen LogP contribution in [-0.2, 0) is 9.53 Å². The highest BCUT2D eigenvalue weighted by Crippen LogP contribution is 2.18. The number of ether oxygens (including phenoxy) is 2. The summed E-state index contributed by atoms with van der Waals surface area (Å²) in [5.41, 5.74) is 0.484. The molecule has 7 heteroatoms. The zero-order valence-electron chi connectivity index (χ0n) is 14.4. The van der Waals surface area contributed by atoms with Gasteiger partial charge < -0.3 is 14.4 Å². The van der Waals surface area contributed by atoms with Gasteiger partial charge in [0.15, 0.2) is 0 Å². The average Bonchev–Trinajstić information content (AvgIpc) is 2.81. The zero-order chi connectivity index (χ0) is 17.4. The predicted molar refractivity (Wildman–Crippen MR) is 89.0 cm³/mol. The number of hydrogen-bond donors (Lipinski definition) is 0. The van der Waals surface area contributed by atoms with Gasteiger partial charge in [0.25, 0.3) is 5.91 Å². The van der Waals surface area contributed by atoms with Crippen LogP contribution in [-0.4, -0.2) is 72.6 Å². The highest BCUT2D eigenvalue weighted by Gasteiger charge is 2.24. The van der Waals surface area contributed by atoms with Gasteiger partial charge >= 0.3 is 5.97 Å². The number of aromatic nitrogens is 1. The first-order chi connectivity index (χ1) is 11.7. The fraction of sp³-hybridized carbons (Fsp3) is 0.588. The van der Waals surface area contributed by atoms with Crippen molar-refractivity contribution in [2.24, 2.45) is 0 Å². The standard InChI is InChI=1S/C17H25N3O4/c1-3-23-15(21)13-19-9-6-10-20(12-11-19)17(22)14-7-5-8-18-16(14)24-4-2/h5,7-8H,3-4,6,9-13H2,1-2H3. The Labute approximate surface area is 142 Å². The minimum atomic E-state index is -0.219. The molecule has 1 aliphatic rings. The van der Waals surface area contributed by atoms with Crippen LogP contribution >= 0.6 is 0 Å². The van der Waals surface area contributed by atoms with Gasteiger partial charge in [-0.15, -0.1) is 0 Å². The van der Waals surface area contributed by atoms with Gasteiger partial charge in [0.05, 0.1) is 19.8 Å². The first-order valence-corrected chi connectivity index (χ1v) is 8.40. The summed E-state index contributed by atoms with van der Waals surface area (Å²) < 4.78 is 10.4. The topological polar surface area (TPSA) is 72.0 Å². The molecule has 0 unspecified atom stereocenters. The fourth-order valence-corrected chi connectivity index (χ4v) is 2.70. The third-order valence-electron chi connectivity index (χ3n) is 3.82. The number of hydrogen-bond acceptors (Lipinski definition) is 6. The molecular formula is C17H25N3O4. The molecule has 1 aromatic heterocycles. The van der Waals surface area contributed by atoms with E-state index in [1.807, 2.05) is 11.8 Å². The molecule has 0 radical (unpaired) electrons.